The second-order valence-electron chi connectivity index (χ2n) is 19.6. The predicted molar refractivity (Wildman–Crippen MR) is 275 cm³/mol. The molecule has 0 fully saturated rings. The fraction of sp³-hybridized carbons (Fsp3) is 0.914. The minimum absolute atomic E-state index is 0.0666. The number of hydrogen-bond acceptors (Lipinski definition) is 6. The molecule has 0 saturated heterocycles. The molecule has 0 aromatic carbocycles. The number of hydrogen-bond donors (Lipinski definition) is 0. The van der Waals surface area contributed by atoms with Gasteiger partial charge in [-0.05, 0) is 44.9 Å². The van der Waals surface area contributed by atoms with E-state index in [4.69, 9.17) is 14.2 Å². The number of carbonyl (C=O) groups is 3. The van der Waals surface area contributed by atoms with Crippen molar-refractivity contribution in [1.82, 2.24) is 0 Å². The zero-order chi connectivity index (χ0) is 46.5. The molecule has 0 aliphatic carbocycles. The van der Waals surface area contributed by atoms with Crippen LogP contribution in [0.5, 0.6) is 0 Å². The summed E-state index contributed by atoms with van der Waals surface area (Å²) in [5.41, 5.74) is 0. The van der Waals surface area contributed by atoms with Gasteiger partial charge in [-0.25, -0.2) is 0 Å². The highest BCUT2D eigenvalue weighted by atomic mass is 16.6. The third-order valence-corrected chi connectivity index (χ3v) is 13.0. The number of unbranched alkanes of at least 4 members (excludes halogenated alkanes) is 40. The van der Waals surface area contributed by atoms with E-state index in [1.807, 2.05) is 0 Å². The second-order valence-corrected chi connectivity index (χ2v) is 19.6. The molecule has 0 N–H and O–H groups in total. The lowest BCUT2D eigenvalue weighted by atomic mass is 10.0. The molecule has 0 amide bonds. The molecule has 0 spiro atoms. The average Bonchev–Trinajstić information content (AvgIpc) is 3.29. The van der Waals surface area contributed by atoms with E-state index < -0.39 is 6.10 Å². The molecule has 0 heterocycles. The summed E-state index contributed by atoms with van der Waals surface area (Å²) in [6.45, 7) is 6.67. The summed E-state index contributed by atoms with van der Waals surface area (Å²) in [6, 6.07) is 0. The van der Waals surface area contributed by atoms with Crippen molar-refractivity contribution in [2.45, 2.75) is 329 Å². The normalized spacial score (nSPS) is 12.0. The zero-order valence-corrected chi connectivity index (χ0v) is 43.3. The molecule has 0 rings (SSSR count). The van der Waals surface area contributed by atoms with Gasteiger partial charge in [0.05, 0.1) is 0 Å². The van der Waals surface area contributed by atoms with E-state index in [0.717, 1.165) is 64.2 Å². The lowest BCUT2D eigenvalue weighted by Crippen LogP contribution is -2.30. The van der Waals surface area contributed by atoms with Crippen LogP contribution < -0.4 is 0 Å². The first-order valence-electron chi connectivity index (χ1n) is 28.7. The molecule has 64 heavy (non-hydrogen) atoms. The minimum Gasteiger partial charge on any atom is -0.462 e. The van der Waals surface area contributed by atoms with Crippen LogP contribution in [0.1, 0.15) is 323 Å². The van der Waals surface area contributed by atoms with Gasteiger partial charge in [-0.15, -0.1) is 0 Å². The molecule has 0 saturated carbocycles. The van der Waals surface area contributed by atoms with Crippen molar-refractivity contribution in [2.24, 2.45) is 0 Å². The van der Waals surface area contributed by atoms with Crippen LogP contribution in [-0.4, -0.2) is 37.2 Å². The monoisotopic (exact) mass is 903 g/mol. The lowest BCUT2D eigenvalue weighted by molar-refractivity contribution is -0.167. The Labute approximate surface area is 399 Å². The molecular formula is C58H110O6. The Morgan fingerprint density at radius 3 is 0.797 bits per heavy atom. The van der Waals surface area contributed by atoms with Gasteiger partial charge in [0.15, 0.2) is 6.10 Å². The lowest BCUT2D eigenvalue weighted by Gasteiger charge is -2.18. The first-order valence-corrected chi connectivity index (χ1v) is 28.7. The quantitative estimate of drug-likeness (QED) is 0.0262. The molecule has 0 aromatic heterocycles. The van der Waals surface area contributed by atoms with E-state index in [2.05, 4.69) is 32.9 Å². The van der Waals surface area contributed by atoms with Crippen LogP contribution in [0, 0.1) is 0 Å². The van der Waals surface area contributed by atoms with Crippen molar-refractivity contribution in [3.05, 3.63) is 12.2 Å². The highest BCUT2D eigenvalue weighted by Gasteiger charge is 2.19. The van der Waals surface area contributed by atoms with Crippen LogP contribution in [0.4, 0.5) is 0 Å². The van der Waals surface area contributed by atoms with Crippen LogP contribution >= 0.6 is 0 Å². The molecule has 0 unspecified atom stereocenters. The standard InChI is InChI=1S/C58H110O6/c1-4-7-10-13-16-19-22-25-27-28-29-30-31-34-36-39-42-45-48-51-57(60)63-54-55(53-62-56(59)50-47-44-41-38-35-32-24-21-18-15-12-9-6-3)64-58(61)52-49-46-43-40-37-33-26-23-20-17-14-11-8-5-2/h21,24,55H,4-20,22-23,25-54H2,1-3H3/b24-21+/t55-/m1/s1. The number of ether oxygens (including phenoxy) is 3. The third-order valence-electron chi connectivity index (χ3n) is 13.0. The smallest absolute Gasteiger partial charge is 0.306 e. The van der Waals surface area contributed by atoms with Crippen molar-refractivity contribution in [3.63, 3.8) is 0 Å². The second kappa shape index (κ2) is 53.8. The van der Waals surface area contributed by atoms with E-state index in [9.17, 15) is 14.4 Å². The summed E-state index contributed by atoms with van der Waals surface area (Å²) in [7, 11) is 0. The molecule has 0 aromatic rings. The van der Waals surface area contributed by atoms with Gasteiger partial charge >= 0.3 is 17.9 Å². The van der Waals surface area contributed by atoms with Gasteiger partial charge in [-0.1, -0.05) is 270 Å². The largest absolute Gasteiger partial charge is 0.462 e. The summed E-state index contributed by atoms with van der Waals surface area (Å²) in [5, 5.41) is 0. The van der Waals surface area contributed by atoms with Gasteiger partial charge in [0.1, 0.15) is 13.2 Å². The molecule has 0 aliphatic heterocycles. The Morgan fingerprint density at radius 1 is 0.297 bits per heavy atom. The van der Waals surface area contributed by atoms with Gasteiger partial charge in [0, 0.05) is 19.3 Å². The van der Waals surface area contributed by atoms with Gasteiger partial charge in [-0.2, -0.15) is 0 Å². The Hall–Kier alpha value is -1.85. The summed E-state index contributed by atoms with van der Waals surface area (Å²) >= 11 is 0. The average molecular weight is 904 g/mol. The van der Waals surface area contributed by atoms with E-state index >= 15 is 0 Å². The highest BCUT2D eigenvalue weighted by molar-refractivity contribution is 5.71. The predicted octanol–water partition coefficient (Wildman–Crippen LogP) is 18.9. The van der Waals surface area contributed by atoms with Crippen LogP contribution in [0.25, 0.3) is 0 Å². The van der Waals surface area contributed by atoms with E-state index in [1.165, 1.54) is 218 Å². The van der Waals surface area contributed by atoms with Gasteiger partial charge in [0.2, 0.25) is 0 Å². The van der Waals surface area contributed by atoms with Crippen molar-refractivity contribution in [3.8, 4) is 0 Å². The summed E-state index contributed by atoms with van der Waals surface area (Å²) in [4.78, 5) is 38.1. The maximum atomic E-state index is 12.8. The number of allylic oxidation sites excluding steroid dienone is 2. The first kappa shape index (κ1) is 62.1. The maximum absolute atomic E-state index is 12.8. The topological polar surface area (TPSA) is 78.9 Å². The summed E-state index contributed by atoms with van der Waals surface area (Å²) in [6.07, 6.45) is 60.6. The molecule has 0 radical (unpaired) electrons. The number of carbonyl (C=O) groups excluding carboxylic acids is 3. The number of esters is 3. The fourth-order valence-electron chi connectivity index (χ4n) is 8.68. The summed E-state index contributed by atoms with van der Waals surface area (Å²) in [5.74, 6) is -0.852. The molecule has 0 bridgehead atoms. The van der Waals surface area contributed by atoms with Crippen LogP contribution in [0.15, 0.2) is 12.2 Å². The SMILES string of the molecule is CCCCCC/C=C/CCCCCCCC(=O)OC[C@H](COC(=O)CCCCCCCCCCCCCCCCCCCCC)OC(=O)CCCCCCCCCCCCCCCC. The number of rotatable bonds is 53. The zero-order valence-electron chi connectivity index (χ0n) is 43.3. The van der Waals surface area contributed by atoms with Crippen molar-refractivity contribution < 1.29 is 28.6 Å². The molecule has 6 heteroatoms. The Balaban J connectivity index is 4.28. The third kappa shape index (κ3) is 51.1. The van der Waals surface area contributed by atoms with Crippen LogP contribution in [0.2, 0.25) is 0 Å². The Kier molecular flexibility index (Phi) is 52.2. The Morgan fingerprint density at radius 2 is 0.516 bits per heavy atom. The summed E-state index contributed by atoms with van der Waals surface area (Å²) < 4.78 is 16.9. The van der Waals surface area contributed by atoms with Crippen molar-refractivity contribution >= 4 is 17.9 Å². The van der Waals surface area contributed by atoms with Gasteiger partial charge in [-0.3, -0.25) is 14.4 Å². The first-order chi connectivity index (χ1) is 31.5. The van der Waals surface area contributed by atoms with Crippen LogP contribution in [0.3, 0.4) is 0 Å². The van der Waals surface area contributed by atoms with Crippen molar-refractivity contribution in [1.29, 1.82) is 0 Å². The molecular weight excluding hydrogens is 793 g/mol. The maximum Gasteiger partial charge on any atom is 0.306 e. The van der Waals surface area contributed by atoms with Gasteiger partial charge in [0.25, 0.3) is 0 Å². The Bertz CT molecular complexity index is 993. The molecule has 378 valence electrons. The molecule has 6 nitrogen and oxygen atoms in total. The van der Waals surface area contributed by atoms with Crippen LogP contribution in [-0.2, 0) is 28.6 Å². The molecule has 1 atom stereocenters. The van der Waals surface area contributed by atoms with E-state index in [-0.39, 0.29) is 31.1 Å². The highest BCUT2D eigenvalue weighted by Crippen LogP contribution is 2.17. The van der Waals surface area contributed by atoms with E-state index in [1.54, 1.807) is 0 Å². The van der Waals surface area contributed by atoms with E-state index in [0.29, 0.717) is 19.3 Å². The van der Waals surface area contributed by atoms with Crippen molar-refractivity contribution in [2.75, 3.05) is 13.2 Å². The minimum atomic E-state index is -0.767. The van der Waals surface area contributed by atoms with Gasteiger partial charge < -0.3 is 14.2 Å². The molecule has 0 aliphatic rings. The fourth-order valence-corrected chi connectivity index (χ4v) is 8.68.